The van der Waals surface area contributed by atoms with Gasteiger partial charge in [0.15, 0.2) is 0 Å². The molecule has 0 aromatic carbocycles. The quantitative estimate of drug-likeness (QED) is 0.662. The Hall–Kier alpha value is -2.02. The number of anilines is 1. The average molecular weight is 264 g/mol. The molecule has 0 aliphatic heterocycles. The fraction of sp³-hybridized carbons (Fsp3) is 0.273. The van der Waals surface area contributed by atoms with E-state index in [9.17, 15) is 10.1 Å². The van der Waals surface area contributed by atoms with Crippen LogP contribution in [0.5, 0.6) is 0 Å². The molecule has 1 N–H and O–H groups in total. The van der Waals surface area contributed by atoms with Crippen molar-refractivity contribution in [3.05, 3.63) is 44.5 Å². The van der Waals surface area contributed by atoms with Crippen molar-refractivity contribution in [3.8, 4) is 0 Å². The summed E-state index contributed by atoms with van der Waals surface area (Å²) in [4.78, 5) is 18.4. The van der Waals surface area contributed by atoms with E-state index in [0.29, 0.717) is 17.9 Å². The molecule has 0 unspecified atom stereocenters. The first-order valence-electron chi connectivity index (χ1n) is 5.39. The molecule has 2 aromatic rings. The van der Waals surface area contributed by atoms with Gasteiger partial charge in [-0.15, -0.1) is 11.3 Å². The number of aromatic nitrogens is 2. The minimum absolute atomic E-state index is 0.0417. The van der Waals surface area contributed by atoms with Crippen molar-refractivity contribution in [1.29, 1.82) is 0 Å². The van der Waals surface area contributed by atoms with E-state index in [0.717, 1.165) is 12.1 Å². The zero-order valence-corrected chi connectivity index (χ0v) is 10.6. The van der Waals surface area contributed by atoms with Crippen LogP contribution in [0.3, 0.4) is 0 Å². The smallest absolute Gasteiger partial charge is 0.290 e. The lowest BCUT2D eigenvalue weighted by atomic mass is 10.2. The number of aryl methyl sites for hydroxylation is 1. The Morgan fingerprint density at radius 2 is 2.33 bits per heavy atom. The van der Waals surface area contributed by atoms with Crippen molar-refractivity contribution < 1.29 is 4.92 Å². The molecule has 2 aromatic heterocycles. The van der Waals surface area contributed by atoms with Crippen molar-refractivity contribution >= 4 is 22.8 Å². The summed E-state index contributed by atoms with van der Waals surface area (Å²) in [5.41, 5.74) is 3.47. The number of nitro groups is 1. The molecule has 0 saturated heterocycles. The van der Waals surface area contributed by atoms with Gasteiger partial charge in [0.2, 0.25) is 0 Å². The van der Waals surface area contributed by atoms with Gasteiger partial charge < -0.3 is 5.32 Å². The molecule has 0 radical (unpaired) electrons. The second kappa shape index (κ2) is 5.54. The zero-order valence-electron chi connectivity index (χ0n) is 9.79. The van der Waals surface area contributed by atoms with Crippen LogP contribution in [-0.4, -0.2) is 21.4 Å². The van der Waals surface area contributed by atoms with E-state index in [1.165, 1.54) is 6.20 Å². The SMILES string of the molecule is Cc1cc(NCCc2cscn2)ncc1[N+](=O)[O-]. The number of rotatable bonds is 5. The zero-order chi connectivity index (χ0) is 13.0. The molecule has 2 heterocycles. The Balaban J connectivity index is 1.94. The molecule has 0 bridgehead atoms. The number of thiazole rings is 1. The minimum atomic E-state index is -0.429. The molecule has 94 valence electrons. The first-order valence-corrected chi connectivity index (χ1v) is 6.33. The van der Waals surface area contributed by atoms with Gasteiger partial charge in [-0.1, -0.05) is 0 Å². The van der Waals surface area contributed by atoms with Crippen molar-refractivity contribution in [2.24, 2.45) is 0 Å². The predicted octanol–water partition coefficient (Wildman–Crippen LogP) is 2.41. The fourth-order valence-corrected chi connectivity index (χ4v) is 2.11. The lowest BCUT2D eigenvalue weighted by molar-refractivity contribution is -0.385. The monoisotopic (exact) mass is 264 g/mol. The van der Waals surface area contributed by atoms with Gasteiger partial charge in [-0.05, 0) is 13.0 Å². The Labute approximate surface area is 108 Å². The summed E-state index contributed by atoms with van der Waals surface area (Å²) < 4.78 is 0. The molecule has 7 heteroatoms. The van der Waals surface area contributed by atoms with Crippen LogP contribution >= 0.6 is 11.3 Å². The van der Waals surface area contributed by atoms with E-state index in [-0.39, 0.29) is 5.69 Å². The van der Waals surface area contributed by atoms with Crippen molar-refractivity contribution in [2.45, 2.75) is 13.3 Å². The Morgan fingerprint density at radius 3 is 2.94 bits per heavy atom. The average Bonchev–Trinajstić information content (AvgIpc) is 2.81. The van der Waals surface area contributed by atoms with Crippen LogP contribution in [0.2, 0.25) is 0 Å². The molecule has 0 fully saturated rings. The van der Waals surface area contributed by atoms with Gasteiger partial charge >= 0.3 is 0 Å². The molecule has 0 spiro atoms. The summed E-state index contributed by atoms with van der Waals surface area (Å²) in [5, 5.41) is 15.8. The molecule has 0 aliphatic rings. The highest BCUT2D eigenvalue weighted by molar-refractivity contribution is 7.07. The molecule has 6 nitrogen and oxygen atoms in total. The Morgan fingerprint density at radius 1 is 1.50 bits per heavy atom. The van der Waals surface area contributed by atoms with Gasteiger partial charge in [0, 0.05) is 23.9 Å². The fourth-order valence-electron chi connectivity index (χ4n) is 1.52. The van der Waals surface area contributed by atoms with Crippen LogP contribution in [0.15, 0.2) is 23.2 Å². The van der Waals surface area contributed by atoms with Crippen LogP contribution in [0.1, 0.15) is 11.3 Å². The van der Waals surface area contributed by atoms with Crippen LogP contribution < -0.4 is 5.32 Å². The second-order valence-corrected chi connectivity index (χ2v) is 4.49. The van der Waals surface area contributed by atoms with E-state index < -0.39 is 4.92 Å². The van der Waals surface area contributed by atoms with Crippen LogP contribution in [-0.2, 0) is 6.42 Å². The molecule has 0 saturated carbocycles. The predicted molar refractivity (Wildman–Crippen MR) is 69.9 cm³/mol. The maximum atomic E-state index is 10.6. The summed E-state index contributed by atoms with van der Waals surface area (Å²) in [6.45, 7) is 2.40. The third-order valence-corrected chi connectivity index (χ3v) is 3.09. The van der Waals surface area contributed by atoms with Crippen LogP contribution in [0.25, 0.3) is 0 Å². The Bertz CT molecular complexity index is 542. The van der Waals surface area contributed by atoms with Crippen LogP contribution in [0, 0.1) is 17.0 Å². The Kier molecular flexibility index (Phi) is 3.83. The largest absolute Gasteiger partial charge is 0.370 e. The van der Waals surface area contributed by atoms with E-state index in [2.05, 4.69) is 15.3 Å². The van der Waals surface area contributed by atoms with E-state index in [4.69, 9.17) is 0 Å². The van der Waals surface area contributed by atoms with Crippen molar-refractivity contribution in [1.82, 2.24) is 9.97 Å². The lowest BCUT2D eigenvalue weighted by Crippen LogP contribution is -2.07. The van der Waals surface area contributed by atoms with Gasteiger partial charge in [0.25, 0.3) is 5.69 Å². The van der Waals surface area contributed by atoms with Crippen molar-refractivity contribution in [2.75, 3.05) is 11.9 Å². The summed E-state index contributed by atoms with van der Waals surface area (Å²) in [5.74, 6) is 0.647. The molecule has 0 aliphatic carbocycles. The number of hydrogen-bond acceptors (Lipinski definition) is 6. The van der Waals surface area contributed by atoms with Crippen molar-refractivity contribution in [3.63, 3.8) is 0 Å². The number of nitrogens with one attached hydrogen (secondary N) is 1. The standard InChI is InChI=1S/C11H12N4O2S/c1-8-4-11(13-5-10(8)15(16)17)12-3-2-9-6-18-7-14-9/h4-7H,2-3H2,1H3,(H,12,13). The molecule has 18 heavy (non-hydrogen) atoms. The number of hydrogen-bond donors (Lipinski definition) is 1. The van der Waals surface area contributed by atoms with E-state index >= 15 is 0 Å². The van der Waals surface area contributed by atoms with Gasteiger partial charge in [-0.3, -0.25) is 10.1 Å². The molecule has 0 amide bonds. The van der Waals surface area contributed by atoms with E-state index in [1.54, 1.807) is 29.8 Å². The molecule has 0 atom stereocenters. The van der Waals surface area contributed by atoms with Gasteiger partial charge in [0.1, 0.15) is 12.0 Å². The second-order valence-electron chi connectivity index (χ2n) is 3.77. The van der Waals surface area contributed by atoms with Gasteiger partial charge in [-0.25, -0.2) is 9.97 Å². The maximum absolute atomic E-state index is 10.6. The highest BCUT2D eigenvalue weighted by Crippen LogP contribution is 2.18. The first-order chi connectivity index (χ1) is 8.66. The van der Waals surface area contributed by atoms with Crippen LogP contribution in [0.4, 0.5) is 11.5 Å². The van der Waals surface area contributed by atoms with Gasteiger partial charge in [0.05, 0.1) is 16.1 Å². The highest BCUT2D eigenvalue weighted by atomic mass is 32.1. The number of pyridine rings is 1. The third-order valence-electron chi connectivity index (χ3n) is 2.45. The third kappa shape index (κ3) is 3.01. The lowest BCUT2D eigenvalue weighted by Gasteiger charge is -2.05. The highest BCUT2D eigenvalue weighted by Gasteiger charge is 2.11. The first kappa shape index (κ1) is 12.4. The topological polar surface area (TPSA) is 81.0 Å². The summed E-state index contributed by atoms with van der Waals surface area (Å²) in [7, 11) is 0. The number of nitrogens with zero attached hydrogens (tertiary/aromatic N) is 3. The maximum Gasteiger partial charge on any atom is 0.290 e. The molecule has 2 rings (SSSR count). The molecular weight excluding hydrogens is 252 g/mol. The molecular formula is C11H12N4O2S. The van der Waals surface area contributed by atoms with E-state index in [1.807, 2.05) is 5.38 Å². The normalized spacial score (nSPS) is 10.3. The summed E-state index contributed by atoms with van der Waals surface area (Å²) >= 11 is 1.56. The summed E-state index contributed by atoms with van der Waals surface area (Å²) in [6.07, 6.45) is 2.09. The van der Waals surface area contributed by atoms with Gasteiger partial charge in [-0.2, -0.15) is 0 Å². The minimum Gasteiger partial charge on any atom is -0.370 e. The summed E-state index contributed by atoms with van der Waals surface area (Å²) in [6, 6.07) is 1.68.